The summed E-state index contributed by atoms with van der Waals surface area (Å²) in [6.07, 6.45) is 1.95. The SMILES string of the molecule is Cc1cccc2c1N(C(=O)c1nc(N)n[nH]1)CCC2. The molecule has 1 aromatic carbocycles. The van der Waals surface area contributed by atoms with Crippen molar-refractivity contribution in [1.82, 2.24) is 15.2 Å². The van der Waals surface area contributed by atoms with Gasteiger partial charge in [0.15, 0.2) is 0 Å². The first-order chi connectivity index (χ1) is 9.16. The number of carbonyl (C=O) groups excluding carboxylic acids is 1. The molecule has 0 saturated carbocycles. The second-order valence-corrected chi connectivity index (χ2v) is 4.69. The molecule has 0 atom stereocenters. The van der Waals surface area contributed by atoms with Crippen molar-refractivity contribution in [3.63, 3.8) is 0 Å². The largest absolute Gasteiger partial charge is 0.366 e. The van der Waals surface area contributed by atoms with Crippen molar-refractivity contribution in [2.45, 2.75) is 19.8 Å². The summed E-state index contributed by atoms with van der Waals surface area (Å²) in [6, 6.07) is 6.10. The number of para-hydroxylation sites is 1. The highest BCUT2D eigenvalue weighted by atomic mass is 16.2. The van der Waals surface area contributed by atoms with Gasteiger partial charge in [0.25, 0.3) is 5.91 Å². The standard InChI is InChI=1S/C13H15N5O/c1-8-4-2-5-9-6-3-7-18(10(8)9)12(19)11-15-13(14)17-16-11/h2,4-5H,3,6-7H2,1H3,(H3,14,15,16,17). The molecule has 0 radical (unpaired) electrons. The van der Waals surface area contributed by atoms with Crippen molar-refractivity contribution in [1.29, 1.82) is 0 Å². The van der Waals surface area contributed by atoms with Gasteiger partial charge in [-0.25, -0.2) is 0 Å². The Kier molecular flexibility index (Phi) is 2.70. The second kappa shape index (κ2) is 4.38. The fraction of sp³-hybridized carbons (Fsp3) is 0.308. The van der Waals surface area contributed by atoms with E-state index in [0.717, 1.165) is 24.1 Å². The summed E-state index contributed by atoms with van der Waals surface area (Å²) in [5.74, 6) is 0.0958. The number of nitrogens with two attached hydrogens (primary N) is 1. The van der Waals surface area contributed by atoms with Crippen molar-refractivity contribution in [2.75, 3.05) is 17.2 Å². The van der Waals surface area contributed by atoms with Gasteiger partial charge in [0.1, 0.15) is 0 Å². The molecule has 0 aliphatic carbocycles. The molecule has 0 bridgehead atoms. The van der Waals surface area contributed by atoms with Crippen LogP contribution in [0.1, 0.15) is 28.2 Å². The van der Waals surface area contributed by atoms with E-state index in [0.29, 0.717) is 6.54 Å². The fourth-order valence-electron chi connectivity index (χ4n) is 2.55. The van der Waals surface area contributed by atoms with Gasteiger partial charge in [-0.15, -0.1) is 5.10 Å². The number of nitrogens with one attached hydrogen (secondary N) is 1. The van der Waals surface area contributed by atoms with Crippen LogP contribution in [0.2, 0.25) is 0 Å². The average molecular weight is 257 g/mol. The summed E-state index contributed by atoms with van der Waals surface area (Å²) in [7, 11) is 0. The summed E-state index contributed by atoms with van der Waals surface area (Å²) < 4.78 is 0. The molecule has 6 nitrogen and oxygen atoms in total. The van der Waals surface area contributed by atoms with Crippen LogP contribution in [0.5, 0.6) is 0 Å². The van der Waals surface area contributed by atoms with Crippen LogP contribution in [0.3, 0.4) is 0 Å². The number of aromatic amines is 1. The number of rotatable bonds is 1. The van der Waals surface area contributed by atoms with Gasteiger partial charge in [0.05, 0.1) is 5.69 Å². The first-order valence-electron chi connectivity index (χ1n) is 6.25. The zero-order chi connectivity index (χ0) is 13.4. The van der Waals surface area contributed by atoms with Crippen LogP contribution in [0, 0.1) is 6.92 Å². The topological polar surface area (TPSA) is 87.9 Å². The lowest BCUT2D eigenvalue weighted by Gasteiger charge is -2.30. The summed E-state index contributed by atoms with van der Waals surface area (Å²) >= 11 is 0. The number of nitrogen functional groups attached to an aromatic ring is 1. The number of amides is 1. The Bertz CT molecular complexity index is 634. The first-order valence-corrected chi connectivity index (χ1v) is 6.25. The summed E-state index contributed by atoms with van der Waals surface area (Å²) in [5, 5.41) is 6.28. The number of fused-ring (bicyclic) bond motifs is 1. The number of anilines is 2. The number of carbonyl (C=O) groups is 1. The Morgan fingerprint density at radius 2 is 2.32 bits per heavy atom. The highest BCUT2D eigenvalue weighted by molar-refractivity contribution is 6.04. The van der Waals surface area contributed by atoms with Crippen molar-refractivity contribution in [3.05, 3.63) is 35.2 Å². The molecule has 1 amide bonds. The van der Waals surface area contributed by atoms with Gasteiger partial charge in [-0.3, -0.25) is 9.89 Å². The molecule has 2 aromatic rings. The smallest absolute Gasteiger partial charge is 0.295 e. The lowest BCUT2D eigenvalue weighted by molar-refractivity contribution is 0.0975. The third-order valence-corrected chi connectivity index (χ3v) is 3.37. The van der Waals surface area contributed by atoms with Crippen LogP contribution in [0.25, 0.3) is 0 Å². The molecule has 19 heavy (non-hydrogen) atoms. The van der Waals surface area contributed by atoms with E-state index in [1.807, 2.05) is 19.1 Å². The van der Waals surface area contributed by atoms with E-state index < -0.39 is 0 Å². The molecule has 0 fully saturated rings. The van der Waals surface area contributed by atoms with Gasteiger partial charge in [-0.1, -0.05) is 18.2 Å². The molecule has 1 aliphatic heterocycles. The number of aryl methyl sites for hydroxylation is 2. The normalized spacial score (nSPS) is 14.3. The Hall–Kier alpha value is -2.37. The maximum atomic E-state index is 12.5. The number of benzene rings is 1. The quantitative estimate of drug-likeness (QED) is 0.805. The van der Waals surface area contributed by atoms with E-state index in [-0.39, 0.29) is 17.7 Å². The summed E-state index contributed by atoms with van der Waals surface area (Å²) in [4.78, 5) is 18.1. The number of H-pyrrole nitrogens is 1. The molecule has 0 saturated heterocycles. The van der Waals surface area contributed by atoms with E-state index >= 15 is 0 Å². The first kappa shape index (κ1) is 11.7. The zero-order valence-corrected chi connectivity index (χ0v) is 10.7. The van der Waals surface area contributed by atoms with Crippen molar-refractivity contribution < 1.29 is 4.79 Å². The maximum absolute atomic E-state index is 12.5. The van der Waals surface area contributed by atoms with Gasteiger partial charge in [0, 0.05) is 6.54 Å². The Labute approximate surface area is 110 Å². The molecular formula is C13H15N5O. The van der Waals surface area contributed by atoms with Gasteiger partial charge in [-0.2, -0.15) is 4.98 Å². The van der Waals surface area contributed by atoms with Gasteiger partial charge in [0.2, 0.25) is 11.8 Å². The molecule has 98 valence electrons. The van der Waals surface area contributed by atoms with Gasteiger partial charge < -0.3 is 10.6 Å². The molecule has 2 heterocycles. The van der Waals surface area contributed by atoms with E-state index in [4.69, 9.17) is 5.73 Å². The maximum Gasteiger partial charge on any atom is 0.295 e. The van der Waals surface area contributed by atoms with E-state index in [1.165, 1.54) is 5.56 Å². The predicted octanol–water partition coefficient (Wildman–Crippen LogP) is 1.29. The minimum Gasteiger partial charge on any atom is -0.366 e. The van der Waals surface area contributed by atoms with Gasteiger partial charge >= 0.3 is 0 Å². The summed E-state index contributed by atoms with van der Waals surface area (Å²) in [6.45, 7) is 2.70. The average Bonchev–Trinajstić information content (AvgIpc) is 2.84. The van der Waals surface area contributed by atoms with Crippen LogP contribution in [-0.2, 0) is 6.42 Å². The zero-order valence-electron chi connectivity index (χ0n) is 10.7. The predicted molar refractivity (Wildman–Crippen MR) is 72.0 cm³/mol. The molecular weight excluding hydrogens is 242 g/mol. The lowest BCUT2D eigenvalue weighted by Crippen LogP contribution is -2.36. The fourth-order valence-corrected chi connectivity index (χ4v) is 2.55. The monoisotopic (exact) mass is 257 g/mol. The van der Waals surface area contributed by atoms with Crippen LogP contribution in [0.15, 0.2) is 18.2 Å². The van der Waals surface area contributed by atoms with Crippen molar-refractivity contribution >= 4 is 17.5 Å². The molecule has 3 rings (SSSR count). The number of nitrogens with zero attached hydrogens (tertiary/aromatic N) is 3. The number of aromatic nitrogens is 3. The summed E-state index contributed by atoms with van der Waals surface area (Å²) in [5.41, 5.74) is 8.74. The number of hydrogen-bond acceptors (Lipinski definition) is 4. The molecule has 1 aromatic heterocycles. The lowest BCUT2D eigenvalue weighted by atomic mass is 9.98. The van der Waals surface area contributed by atoms with E-state index in [2.05, 4.69) is 21.2 Å². The second-order valence-electron chi connectivity index (χ2n) is 4.69. The van der Waals surface area contributed by atoms with Crippen molar-refractivity contribution in [2.24, 2.45) is 0 Å². The third kappa shape index (κ3) is 1.95. The minimum absolute atomic E-state index is 0.0883. The molecule has 0 unspecified atom stereocenters. The van der Waals surface area contributed by atoms with E-state index in [9.17, 15) is 4.79 Å². The minimum atomic E-state index is -0.181. The highest BCUT2D eigenvalue weighted by Crippen LogP contribution is 2.31. The Balaban J connectivity index is 2.02. The molecule has 0 spiro atoms. The Morgan fingerprint density at radius 1 is 1.47 bits per heavy atom. The molecule has 3 N–H and O–H groups in total. The molecule has 1 aliphatic rings. The molecule has 6 heteroatoms. The van der Waals surface area contributed by atoms with Crippen LogP contribution in [-0.4, -0.2) is 27.6 Å². The van der Waals surface area contributed by atoms with Crippen molar-refractivity contribution in [3.8, 4) is 0 Å². The van der Waals surface area contributed by atoms with Crippen LogP contribution in [0.4, 0.5) is 11.6 Å². The highest BCUT2D eigenvalue weighted by Gasteiger charge is 2.26. The third-order valence-electron chi connectivity index (χ3n) is 3.37. The van der Waals surface area contributed by atoms with Crippen LogP contribution < -0.4 is 10.6 Å². The van der Waals surface area contributed by atoms with E-state index in [1.54, 1.807) is 4.90 Å². The van der Waals surface area contributed by atoms with Crippen LogP contribution >= 0.6 is 0 Å². The van der Waals surface area contributed by atoms with Gasteiger partial charge in [-0.05, 0) is 30.9 Å². The Morgan fingerprint density at radius 3 is 3.05 bits per heavy atom. The number of hydrogen-bond donors (Lipinski definition) is 2.